The third kappa shape index (κ3) is 9.83. The number of hydrogen-bond donors (Lipinski definition) is 1. The predicted molar refractivity (Wildman–Crippen MR) is 228 cm³/mol. The molecule has 0 spiro atoms. The van der Waals surface area contributed by atoms with Crippen LogP contribution in [-0.2, 0) is 4.79 Å². The van der Waals surface area contributed by atoms with Crippen molar-refractivity contribution < 1.29 is 19.4 Å². The molecule has 0 aliphatic rings. The van der Waals surface area contributed by atoms with Crippen molar-refractivity contribution in [3.05, 3.63) is 119 Å². The van der Waals surface area contributed by atoms with Gasteiger partial charge in [0.05, 0.1) is 36.1 Å². The Morgan fingerprint density at radius 2 is 1.32 bits per heavy atom. The molecule has 0 radical (unpaired) electrons. The quantitative estimate of drug-likeness (QED) is 0.0397. The lowest BCUT2D eigenvalue weighted by atomic mass is 10.0. The molecule has 2 heterocycles. The molecule has 56 heavy (non-hydrogen) atoms. The molecule has 0 atom stereocenters. The van der Waals surface area contributed by atoms with E-state index in [1.54, 1.807) is 12.1 Å². The fraction of sp³-hybridized carbons (Fsp3) is 0.261. The summed E-state index contributed by atoms with van der Waals surface area (Å²) in [5.41, 5.74) is 6.20. The van der Waals surface area contributed by atoms with E-state index in [0.29, 0.717) is 46.2 Å². The van der Waals surface area contributed by atoms with Crippen LogP contribution in [0.25, 0.3) is 27.6 Å². The number of anilines is 3. The van der Waals surface area contributed by atoms with Crippen molar-refractivity contribution in [1.82, 2.24) is 8.75 Å². The Kier molecular flexibility index (Phi) is 14.3. The molecule has 0 aliphatic carbocycles. The first-order valence-corrected chi connectivity index (χ1v) is 20.6. The molecule has 0 fully saturated rings. The van der Waals surface area contributed by atoms with Gasteiger partial charge in [0, 0.05) is 32.4 Å². The van der Waals surface area contributed by atoms with Crippen LogP contribution in [0.1, 0.15) is 81.2 Å². The zero-order valence-corrected chi connectivity index (χ0v) is 33.3. The second-order valence-electron chi connectivity index (χ2n) is 13.2. The highest BCUT2D eigenvalue weighted by atomic mass is 32.1. The summed E-state index contributed by atoms with van der Waals surface area (Å²) < 4.78 is 22.9. The number of ether oxygens (including phenoxy) is 2. The summed E-state index contributed by atoms with van der Waals surface area (Å²) in [4.78, 5) is 15.3. The Morgan fingerprint density at radius 3 is 1.91 bits per heavy atom. The van der Waals surface area contributed by atoms with Gasteiger partial charge in [-0.1, -0.05) is 101 Å². The predicted octanol–water partition coefficient (Wildman–Crippen LogP) is 12.2. The Hall–Kier alpha value is -5.94. The number of benzene rings is 4. The van der Waals surface area contributed by atoms with E-state index in [0.717, 1.165) is 96.2 Å². The second kappa shape index (κ2) is 20.1. The second-order valence-corrected chi connectivity index (χ2v) is 14.8. The van der Waals surface area contributed by atoms with Crippen LogP contribution in [-0.4, -0.2) is 33.0 Å². The van der Waals surface area contributed by atoms with Gasteiger partial charge < -0.3 is 19.5 Å². The first-order chi connectivity index (χ1) is 27.5. The lowest BCUT2D eigenvalue weighted by molar-refractivity contribution is -0.132. The highest BCUT2D eigenvalue weighted by Gasteiger charge is 2.27. The number of thiophene rings is 1. The maximum Gasteiger partial charge on any atom is 0.346 e. The minimum atomic E-state index is -1.27. The highest BCUT2D eigenvalue weighted by Crippen LogP contribution is 2.48. The molecule has 0 unspecified atom stereocenters. The average molecular weight is 781 g/mol. The number of aliphatic carboxylic acids is 1. The standard InChI is InChI=1S/C46H44N4O4S2/c1-3-5-7-15-29-53-44-39(27-23-33-21-24-37(25-22-33)50(35-17-11-9-12-18-35)36-19-13-10-14-20-36)42-43(49-56-48-42)41(45(44)54-30-16-8-6-4-2)40-28-26-38(55-40)31-34(32-47)46(51)52/h9-14,17-22,24-26,28,31H,3-8,15-16,29-30H2,1-2H3,(H,51,52)/b34-31-. The van der Waals surface area contributed by atoms with Gasteiger partial charge in [-0.2, -0.15) is 14.0 Å². The maximum atomic E-state index is 11.6. The van der Waals surface area contributed by atoms with Crippen molar-refractivity contribution in [3.8, 4) is 39.8 Å². The van der Waals surface area contributed by atoms with Crippen LogP contribution in [0.2, 0.25) is 0 Å². The zero-order valence-electron chi connectivity index (χ0n) is 31.7. The van der Waals surface area contributed by atoms with Crippen LogP contribution in [0.4, 0.5) is 17.1 Å². The Bertz CT molecular complexity index is 2310. The first-order valence-electron chi connectivity index (χ1n) is 19.1. The van der Waals surface area contributed by atoms with E-state index in [1.807, 2.05) is 54.6 Å². The molecule has 0 aliphatic heterocycles. The number of carboxylic acids is 1. The molecule has 6 aromatic rings. The summed E-state index contributed by atoms with van der Waals surface area (Å²) in [6.45, 7) is 5.32. The summed E-state index contributed by atoms with van der Waals surface area (Å²) in [7, 11) is 0. The average Bonchev–Trinajstić information content (AvgIpc) is 3.91. The number of nitriles is 1. The number of hydrogen-bond acceptors (Lipinski definition) is 9. The van der Waals surface area contributed by atoms with Gasteiger partial charge >= 0.3 is 5.97 Å². The SMILES string of the molecule is CCCCCCOc1c(OCCCCCC)c(-c2ccc(/C=C(/C#N)C(=O)O)s2)c2nsnc2c1C#Cc1ccc(N(c2ccccc2)c2ccccc2)cc1. The lowest BCUT2D eigenvalue weighted by Gasteiger charge is -2.25. The minimum Gasteiger partial charge on any atom is -0.489 e. The van der Waals surface area contributed by atoms with E-state index in [1.165, 1.54) is 17.4 Å². The number of aromatic nitrogens is 2. The number of carboxylic acid groups (broad SMARTS) is 1. The van der Waals surface area contributed by atoms with Gasteiger partial charge in [-0.25, -0.2) is 4.79 Å². The molecular weight excluding hydrogens is 737 g/mol. The number of para-hydroxylation sites is 2. The number of rotatable bonds is 18. The van der Waals surface area contributed by atoms with Gasteiger partial charge in [0.15, 0.2) is 11.5 Å². The highest BCUT2D eigenvalue weighted by molar-refractivity contribution is 7.16. The van der Waals surface area contributed by atoms with Gasteiger partial charge in [-0.3, -0.25) is 0 Å². The first kappa shape index (κ1) is 39.7. The van der Waals surface area contributed by atoms with Gasteiger partial charge in [0.2, 0.25) is 0 Å². The van der Waals surface area contributed by atoms with E-state index < -0.39 is 5.97 Å². The smallest absolute Gasteiger partial charge is 0.346 e. The topological polar surface area (TPSA) is 109 Å². The van der Waals surface area contributed by atoms with E-state index in [2.05, 4.69) is 67.0 Å². The maximum absolute atomic E-state index is 11.6. The normalized spacial score (nSPS) is 11.1. The van der Waals surface area contributed by atoms with E-state index in [4.69, 9.17) is 18.2 Å². The van der Waals surface area contributed by atoms with Crippen molar-refractivity contribution in [2.24, 2.45) is 0 Å². The fourth-order valence-corrected chi connectivity index (χ4v) is 7.82. The van der Waals surface area contributed by atoms with E-state index in [-0.39, 0.29) is 5.57 Å². The van der Waals surface area contributed by atoms with Crippen molar-refractivity contribution >= 4 is 63.2 Å². The molecule has 2 aromatic heterocycles. The van der Waals surface area contributed by atoms with Gasteiger partial charge in [0.1, 0.15) is 22.7 Å². The zero-order chi connectivity index (χ0) is 39.1. The van der Waals surface area contributed by atoms with Gasteiger partial charge in [0.25, 0.3) is 0 Å². The molecular formula is C46H44N4O4S2. The summed E-state index contributed by atoms with van der Waals surface area (Å²) >= 11 is 2.46. The molecule has 284 valence electrons. The molecule has 10 heteroatoms. The van der Waals surface area contributed by atoms with Gasteiger partial charge in [-0.05, 0) is 79.6 Å². The third-order valence-corrected chi connectivity index (χ3v) is 10.7. The van der Waals surface area contributed by atoms with Crippen LogP contribution in [0.5, 0.6) is 11.5 Å². The minimum absolute atomic E-state index is 0.339. The largest absolute Gasteiger partial charge is 0.489 e. The Balaban J connectivity index is 1.44. The van der Waals surface area contributed by atoms with Crippen molar-refractivity contribution in [3.63, 3.8) is 0 Å². The van der Waals surface area contributed by atoms with Crippen molar-refractivity contribution in [2.75, 3.05) is 18.1 Å². The summed E-state index contributed by atoms with van der Waals surface area (Å²) in [5, 5.41) is 18.9. The molecule has 4 aromatic carbocycles. The molecule has 0 saturated carbocycles. The Morgan fingerprint density at radius 1 is 0.732 bits per heavy atom. The summed E-state index contributed by atoms with van der Waals surface area (Å²) in [6.07, 6.45) is 9.65. The van der Waals surface area contributed by atoms with Gasteiger partial charge in [-0.15, -0.1) is 11.3 Å². The van der Waals surface area contributed by atoms with E-state index >= 15 is 0 Å². The lowest BCUT2D eigenvalue weighted by Crippen LogP contribution is -2.09. The molecule has 1 N–H and O–H groups in total. The molecule has 0 amide bonds. The number of unbranched alkanes of at least 4 members (excludes halogenated alkanes) is 6. The monoisotopic (exact) mass is 780 g/mol. The summed E-state index contributed by atoms with van der Waals surface area (Å²) in [5.74, 6) is 6.64. The van der Waals surface area contributed by atoms with E-state index in [9.17, 15) is 15.2 Å². The number of fused-ring (bicyclic) bond motifs is 1. The van der Waals surface area contributed by atoms with Crippen LogP contribution in [0.3, 0.4) is 0 Å². The fourth-order valence-electron chi connectivity index (χ4n) is 6.26. The Labute approximate surface area is 337 Å². The van der Waals surface area contributed by atoms with Crippen molar-refractivity contribution in [1.29, 1.82) is 5.26 Å². The number of nitrogens with zero attached hydrogens (tertiary/aromatic N) is 4. The summed E-state index contributed by atoms with van der Waals surface area (Å²) in [6, 6.07) is 34.2. The van der Waals surface area contributed by atoms with Crippen LogP contribution in [0, 0.1) is 23.2 Å². The van der Waals surface area contributed by atoms with Crippen LogP contribution >= 0.6 is 23.1 Å². The number of carbonyl (C=O) groups is 1. The molecule has 6 rings (SSSR count). The molecule has 8 nitrogen and oxygen atoms in total. The van der Waals surface area contributed by atoms with Crippen molar-refractivity contribution in [2.45, 2.75) is 65.2 Å². The molecule has 0 bridgehead atoms. The third-order valence-electron chi connectivity index (χ3n) is 9.11. The molecule has 0 saturated heterocycles. The van der Waals surface area contributed by atoms with Crippen LogP contribution < -0.4 is 14.4 Å². The van der Waals surface area contributed by atoms with Crippen LogP contribution in [0.15, 0.2) is 103 Å².